The average Bonchev–Trinajstić information content (AvgIpc) is 2.51. The SMILES string of the molecule is COc1ccc(C(=O)C[NH2+]C23CC4CC(CC(C4)C2)C3)cc1. The molecule has 0 heterocycles. The average molecular weight is 300 g/mol. The van der Waals surface area contributed by atoms with Gasteiger partial charge in [0.1, 0.15) is 12.3 Å². The minimum Gasteiger partial charge on any atom is -0.497 e. The van der Waals surface area contributed by atoms with Gasteiger partial charge in [-0.1, -0.05) is 0 Å². The number of hydrogen-bond acceptors (Lipinski definition) is 2. The number of ether oxygens (including phenoxy) is 1. The van der Waals surface area contributed by atoms with E-state index in [1.807, 2.05) is 24.3 Å². The number of nitrogens with two attached hydrogens (primary N) is 1. The molecule has 4 bridgehead atoms. The van der Waals surface area contributed by atoms with Crippen LogP contribution in [0.5, 0.6) is 5.75 Å². The van der Waals surface area contributed by atoms with E-state index in [2.05, 4.69) is 5.32 Å². The molecule has 3 nitrogen and oxygen atoms in total. The molecule has 22 heavy (non-hydrogen) atoms. The second-order valence-corrected chi connectivity index (χ2v) is 7.84. The molecule has 0 amide bonds. The Morgan fingerprint density at radius 2 is 1.64 bits per heavy atom. The van der Waals surface area contributed by atoms with Crippen molar-refractivity contribution in [3.05, 3.63) is 29.8 Å². The molecule has 0 saturated heterocycles. The molecule has 1 aromatic carbocycles. The highest BCUT2D eigenvalue weighted by Gasteiger charge is 2.53. The molecule has 5 rings (SSSR count). The van der Waals surface area contributed by atoms with Crippen LogP contribution in [-0.4, -0.2) is 25.0 Å². The molecule has 0 aliphatic heterocycles. The Morgan fingerprint density at radius 3 is 2.14 bits per heavy atom. The number of quaternary nitrogens is 1. The van der Waals surface area contributed by atoms with Crippen molar-refractivity contribution in [2.24, 2.45) is 17.8 Å². The summed E-state index contributed by atoms with van der Waals surface area (Å²) in [5.74, 6) is 3.88. The third-order valence-electron chi connectivity index (χ3n) is 6.22. The van der Waals surface area contributed by atoms with Gasteiger partial charge in [0.05, 0.1) is 12.6 Å². The lowest BCUT2D eigenvalue weighted by molar-refractivity contribution is -0.729. The Balaban J connectivity index is 1.40. The van der Waals surface area contributed by atoms with E-state index >= 15 is 0 Å². The summed E-state index contributed by atoms with van der Waals surface area (Å²) in [4.78, 5) is 12.5. The minimum absolute atomic E-state index is 0.249. The predicted molar refractivity (Wildman–Crippen MR) is 85.0 cm³/mol. The fraction of sp³-hybridized carbons (Fsp3) is 0.632. The number of ketones is 1. The van der Waals surface area contributed by atoms with Gasteiger partial charge in [-0.3, -0.25) is 4.79 Å². The lowest BCUT2D eigenvalue weighted by Gasteiger charge is -2.54. The molecule has 1 aromatic rings. The quantitative estimate of drug-likeness (QED) is 0.849. The van der Waals surface area contributed by atoms with Crippen LogP contribution >= 0.6 is 0 Å². The third kappa shape index (κ3) is 2.56. The monoisotopic (exact) mass is 300 g/mol. The fourth-order valence-corrected chi connectivity index (χ4v) is 5.63. The van der Waals surface area contributed by atoms with Crippen molar-refractivity contribution in [1.82, 2.24) is 0 Å². The topological polar surface area (TPSA) is 42.9 Å². The highest BCUT2D eigenvalue weighted by atomic mass is 16.5. The first-order valence-electron chi connectivity index (χ1n) is 8.67. The highest BCUT2D eigenvalue weighted by Crippen LogP contribution is 2.54. The molecule has 4 fully saturated rings. The molecule has 0 unspecified atom stereocenters. The van der Waals surface area contributed by atoms with Crippen molar-refractivity contribution in [1.29, 1.82) is 0 Å². The van der Waals surface area contributed by atoms with Crippen LogP contribution in [0.4, 0.5) is 0 Å². The van der Waals surface area contributed by atoms with Crippen LogP contribution < -0.4 is 10.1 Å². The first-order valence-corrected chi connectivity index (χ1v) is 8.67. The van der Waals surface area contributed by atoms with Gasteiger partial charge >= 0.3 is 0 Å². The molecule has 2 N–H and O–H groups in total. The number of hydrogen-bond donors (Lipinski definition) is 1. The van der Waals surface area contributed by atoms with Crippen LogP contribution in [0.3, 0.4) is 0 Å². The largest absolute Gasteiger partial charge is 0.497 e. The lowest BCUT2D eigenvalue weighted by atomic mass is 9.53. The summed E-state index contributed by atoms with van der Waals surface area (Å²) in [6, 6.07) is 7.51. The van der Waals surface area contributed by atoms with E-state index < -0.39 is 0 Å². The molecule has 0 atom stereocenters. The van der Waals surface area contributed by atoms with Crippen molar-refractivity contribution in [2.45, 2.75) is 44.1 Å². The second-order valence-electron chi connectivity index (χ2n) is 7.84. The number of carbonyl (C=O) groups excluding carboxylic acids is 1. The van der Waals surface area contributed by atoms with Gasteiger partial charge in [0.2, 0.25) is 5.78 Å². The maximum atomic E-state index is 12.5. The van der Waals surface area contributed by atoms with Crippen LogP contribution in [0, 0.1) is 17.8 Å². The van der Waals surface area contributed by atoms with Crippen molar-refractivity contribution in [3.63, 3.8) is 0 Å². The molecule has 4 saturated carbocycles. The van der Waals surface area contributed by atoms with Crippen molar-refractivity contribution >= 4 is 5.78 Å². The van der Waals surface area contributed by atoms with Gasteiger partial charge in [0.25, 0.3) is 0 Å². The molecule has 4 aliphatic carbocycles. The zero-order valence-electron chi connectivity index (χ0n) is 13.4. The molecular weight excluding hydrogens is 274 g/mol. The zero-order valence-corrected chi connectivity index (χ0v) is 13.4. The molecular formula is C19H26NO2+. The number of benzene rings is 1. The summed E-state index contributed by atoms with van der Waals surface area (Å²) in [5, 5.41) is 2.39. The lowest BCUT2D eigenvalue weighted by Crippen LogP contribution is -2.99. The van der Waals surface area contributed by atoms with Crippen molar-refractivity contribution in [3.8, 4) is 5.75 Å². The standard InChI is InChI=1S/C19H25NO2/c1-22-17-4-2-16(3-5-17)18(21)12-20-19-9-13-6-14(10-19)8-15(7-13)11-19/h2-5,13-15,20H,6-12H2,1H3/p+1. The van der Waals surface area contributed by atoms with Crippen molar-refractivity contribution in [2.75, 3.05) is 13.7 Å². The number of carbonyl (C=O) groups is 1. The van der Waals surface area contributed by atoms with Crippen LogP contribution in [-0.2, 0) is 0 Å². The van der Waals surface area contributed by atoms with Crippen LogP contribution in [0.2, 0.25) is 0 Å². The molecule has 0 radical (unpaired) electrons. The Morgan fingerprint density at radius 1 is 1.09 bits per heavy atom. The van der Waals surface area contributed by atoms with E-state index in [0.29, 0.717) is 12.1 Å². The summed E-state index contributed by atoms with van der Waals surface area (Å²) >= 11 is 0. The first kappa shape index (κ1) is 14.3. The van der Waals surface area contributed by atoms with Gasteiger partial charge in [-0.05, 0) is 61.3 Å². The summed E-state index contributed by atoms with van der Waals surface area (Å²) in [7, 11) is 1.65. The van der Waals surface area contributed by atoms with Crippen LogP contribution in [0.1, 0.15) is 48.9 Å². The van der Waals surface area contributed by atoms with E-state index in [1.165, 1.54) is 38.5 Å². The highest BCUT2D eigenvalue weighted by molar-refractivity contribution is 5.96. The summed E-state index contributed by atoms with van der Waals surface area (Å²) < 4.78 is 5.15. The minimum atomic E-state index is 0.249. The van der Waals surface area contributed by atoms with Gasteiger partial charge in [-0.2, -0.15) is 0 Å². The third-order valence-corrected chi connectivity index (χ3v) is 6.22. The maximum absolute atomic E-state index is 12.5. The second kappa shape index (κ2) is 5.38. The van der Waals surface area contributed by atoms with E-state index in [1.54, 1.807) is 7.11 Å². The van der Waals surface area contributed by atoms with E-state index in [-0.39, 0.29) is 5.78 Å². The Kier molecular flexibility index (Phi) is 3.48. The van der Waals surface area contributed by atoms with E-state index in [9.17, 15) is 4.79 Å². The number of rotatable bonds is 5. The number of Topliss-reactive ketones (excluding diaryl/α,β-unsaturated/α-hetero) is 1. The summed E-state index contributed by atoms with van der Waals surface area (Å²) in [6.45, 7) is 0.596. The van der Waals surface area contributed by atoms with Gasteiger partial charge in [-0.25, -0.2) is 0 Å². The van der Waals surface area contributed by atoms with Crippen molar-refractivity contribution < 1.29 is 14.8 Å². The molecule has 118 valence electrons. The predicted octanol–water partition coefficient (Wildman–Crippen LogP) is 2.41. The van der Waals surface area contributed by atoms with Gasteiger partial charge < -0.3 is 10.1 Å². The maximum Gasteiger partial charge on any atom is 0.216 e. The summed E-state index contributed by atoms with van der Waals surface area (Å²) in [5.41, 5.74) is 1.19. The van der Waals surface area contributed by atoms with E-state index in [4.69, 9.17) is 4.74 Å². The van der Waals surface area contributed by atoms with E-state index in [0.717, 1.165) is 29.1 Å². The Bertz CT molecular complexity index is 528. The van der Waals surface area contributed by atoms with Gasteiger partial charge in [0.15, 0.2) is 0 Å². The molecule has 4 aliphatic rings. The molecule has 3 heteroatoms. The molecule has 0 aromatic heterocycles. The van der Waals surface area contributed by atoms with Gasteiger partial charge in [-0.15, -0.1) is 0 Å². The van der Waals surface area contributed by atoms with Crippen LogP contribution in [0.15, 0.2) is 24.3 Å². The summed E-state index contributed by atoms with van der Waals surface area (Å²) in [6.07, 6.45) is 8.40. The Labute approximate surface area is 132 Å². The molecule has 0 spiro atoms. The van der Waals surface area contributed by atoms with Crippen LogP contribution in [0.25, 0.3) is 0 Å². The smallest absolute Gasteiger partial charge is 0.216 e. The normalized spacial score (nSPS) is 35.6. The zero-order chi connectivity index (χ0) is 15.2. The number of methoxy groups -OCH3 is 1. The fourth-order valence-electron chi connectivity index (χ4n) is 5.63. The Hall–Kier alpha value is -1.35. The van der Waals surface area contributed by atoms with Gasteiger partial charge in [0, 0.05) is 24.8 Å². The first-order chi connectivity index (χ1) is 10.7.